The second-order valence-corrected chi connectivity index (χ2v) is 5.44. The summed E-state index contributed by atoms with van der Waals surface area (Å²) in [4.78, 5) is 39.7. The first-order valence-electron chi connectivity index (χ1n) is 7.83. The normalized spacial score (nSPS) is 13.5. The number of carbonyl (C=O) groups is 3. The molecule has 1 aliphatic rings. The lowest BCUT2D eigenvalue weighted by molar-refractivity contribution is -0.131. The summed E-state index contributed by atoms with van der Waals surface area (Å²) in [5.74, 6) is -0.600. The van der Waals surface area contributed by atoms with Gasteiger partial charge in [-0.2, -0.15) is 0 Å². The molecule has 0 aliphatic carbocycles. The van der Waals surface area contributed by atoms with Crippen molar-refractivity contribution in [1.29, 1.82) is 0 Å². The lowest BCUT2D eigenvalue weighted by Crippen LogP contribution is -2.37. The molecule has 1 aromatic carbocycles. The van der Waals surface area contributed by atoms with Crippen LogP contribution in [0.15, 0.2) is 24.3 Å². The maximum Gasteiger partial charge on any atom is 0.261 e. The van der Waals surface area contributed by atoms with E-state index in [9.17, 15) is 14.4 Å². The van der Waals surface area contributed by atoms with Crippen LogP contribution in [-0.4, -0.2) is 47.2 Å². The molecule has 2 rings (SSSR count). The van der Waals surface area contributed by atoms with Gasteiger partial charge in [-0.1, -0.05) is 26.0 Å². The molecule has 22 heavy (non-hydrogen) atoms. The molecule has 5 heteroatoms. The number of amides is 3. The number of nitrogens with zero attached hydrogens (tertiary/aromatic N) is 2. The summed E-state index contributed by atoms with van der Waals surface area (Å²) < 4.78 is 0. The highest BCUT2D eigenvalue weighted by Gasteiger charge is 2.35. The molecule has 0 unspecified atom stereocenters. The van der Waals surface area contributed by atoms with Gasteiger partial charge in [0, 0.05) is 26.1 Å². The Hall–Kier alpha value is -2.17. The highest BCUT2D eigenvalue weighted by molar-refractivity contribution is 6.21. The molecule has 0 saturated heterocycles. The maximum atomic E-state index is 12.2. The van der Waals surface area contributed by atoms with Gasteiger partial charge in [-0.15, -0.1) is 0 Å². The summed E-state index contributed by atoms with van der Waals surface area (Å²) in [6.45, 7) is 5.64. The van der Waals surface area contributed by atoms with E-state index in [4.69, 9.17) is 0 Å². The molecule has 0 aromatic heterocycles. The Kier molecular flexibility index (Phi) is 5.31. The van der Waals surface area contributed by atoms with E-state index in [0.29, 0.717) is 11.1 Å². The molecule has 0 radical (unpaired) electrons. The second-order valence-electron chi connectivity index (χ2n) is 5.44. The summed E-state index contributed by atoms with van der Waals surface area (Å²) in [6, 6.07) is 6.78. The lowest BCUT2D eigenvalue weighted by Gasteiger charge is -2.22. The van der Waals surface area contributed by atoms with Crippen molar-refractivity contribution in [3.8, 4) is 0 Å². The molecule has 0 bridgehead atoms. The van der Waals surface area contributed by atoms with Gasteiger partial charge in [0.25, 0.3) is 11.8 Å². The van der Waals surface area contributed by atoms with Gasteiger partial charge in [-0.05, 0) is 25.0 Å². The fourth-order valence-electron chi connectivity index (χ4n) is 2.71. The fraction of sp³-hybridized carbons (Fsp3) is 0.471. The van der Waals surface area contributed by atoms with Crippen molar-refractivity contribution in [2.45, 2.75) is 33.1 Å². The quantitative estimate of drug-likeness (QED) is 0.726. The minimum absolute atomic E-state index is 0.000237. The Morgan fingerprint density at radius 3 is 1.95 bits per heavy atom. The largest absolute Gasteiger partial charge is 0.343 e. The van der Waals surface area contributed by atoms with Crippen LogP contribution in [0.1, 0.15) is 53.8 Å². The number of fused-ring (bicyclic) bond motifs is 1. The van der Waals surface area contributed by atoms with Crippen LogP contribution in [0.25, 0.3) is 0 Å². The van der Waals surface area contributed by atoms with Gasteiger partial charge >= 0.3 is 0 Å². The number of hydrogen-bond acceptors (Lipinski definition) is 3. The van der Waals surface area contributed by atoms with Crippen molar-refractivity contribution in [1.82, 2.24) is 9.80 Å². The first kappa shape index (κ1) is 16.2. The summed E-state index contributed by atoms with van der Waals surface area (Å²) in [5.41, 5.74) is 0.859. The van der Waals surface area contributed by atoms with E-state index in [1.165, 1.54) is 4.90 Å². The van der Waals surface area contributed by atoms with Gasteiger partial charge < -0.3 is 4.90 Å². The van der Waals surface area contributed by atoms with Crippen LogP contribution >= 0.6 is 0 Å². The topological polar surface area (TPSA) is 57.7 Å². The Balaban J connectivity index is 1.99. The van der Waals surface area contributed by atoms with Crippen molar-refractivity contribution in [3.05, 3.63) is 35.4 Å². The van der Waals surface area contributed by atoms with Gasteiger partial charge in [-0.25, -0.2) is 0 Å². The zero-order valence-electron chi connectivity index (χ0n) is 13.2. The number of hydrogen-bond donors (Lipinski definition) is 0. The average molecular weight is 302 g/mol. The third-order valence-electron chi connectivity index (χ3n) is 3.77. The van der Waals surface area contributed by atoms with Gasteiger partial charge in [-0.3, -0.25) is 19.3 Å². The molecule has 0 N–H and O–H groups in total. The molecule has 118 valence electrons. The Bertz CT molecular complexity index is 542. The van der Waals surface area contributed by atoms with Crippen LogP contribution in [-0.2, 0) is 4.79 Å². The van der Waals surface area contributed by atoms with Crippen LogP contribution in [0.3, 0.4) is 0 Å². The minimum atomic E-state index is -0.300. The number of imide groups is 1. The van der Waals surface area contributed by atoms with Crippen molar-refractivity contribution in [3.63, 3.8) is 0 Å². The molecule has 0 fully saturated rings. The van der Waals surface area contributed by atoms with E-state index >= 15 is 0 Å². The Labute approximate surface area is 130 Å². The average Bonchev–Trinajstić information content (AvgIpc) is 2.77. The van der Waals surface area contributed by atoms with Crippen LogP contribution in [0.2, 0.25) is 0 Å². The van der Waals surface area contributed by atoms with Crippen LogP contribution in [0.5, 0.6) is 0 Å². The highest BCUT2D eigenvalue weighted by Crippen LogP contribution is 2.22. The SMILES string of the molecule is CCCN(CCC)C(=O)CCN1C(=O)c2ccccc2C1=O. The Morgan fingerprint density at radius 1 is 1.00 bits per heavy atom. The molecule has 5 nitrogen and oxygen atoms in total. The Morgan fingerprint density at radius 2 is 1.50 bits per heavy atom. The third-order valence-corrected chi connectivity index (χ3v) is 3.77. The zero-order valence-corrected chi connectivity index (χ0v) is 13.2. The molecular weight excluding hydrogens is 280 g/mol. The fourth-order valence-corrected chi connectivity index (χ4v) is 2.71. The second kappa shape index (κ2) is 7.20. The van der Waals surface area contributed by atoms with E-state index in [-0.39, 0.29) is 30.7 Å². The zero-order chi connectivity index (χ0) is 16.1. The summed E-state index contributed by atoms with van der Waals surface area (Å²) >= 11 is 0. The van der Waals surface area contributed by atoms with Gasteiger partial charge in [0.2, 0.25) is 5.91 Å². The molecule has 3 amide bonds. The van der Waals surface area contributed by atoms with E-state index in [0.717, 1.165) is 25.9 Å². The summed E-state index contributed by atoms with van der Waals surface area (Å²) in [7, 11) is 0. The van der Waals surface area contributed by atoms with Crippen molar-refractivity contribution < 1.29 is 14.4 Å². The monoisotopic (exact) mass is 302 g/mol. The molecular formula is C17H22N2O3. The summed E-state index contributed by atoms with van der Waals surface area (Å²) in [6.07, 6.45) is 1.99. The predicted molar refractivity (Wildman–Crippen MR) is 83.6 cm³/mol. The summed E-state index contributed by atoms with van der Waals surface area (Å²) in [5, 5.41) is 0. The van der Waals surface area contributed by atoms with Crippen LogP contribution in [0.4, 0.5) is 0 Å². The van der Waals surface area contributed by atoms with E-state index in [1.807, 2.05) is 13.8 Å². The van der Waals surface area contributed by atoms with Crippen LogP contribution in [0, 0.1) is 0 Å². The smallest absolute Gasteiger partial charge is 0.261 e. The lowest BCUT2D eigenvalue weighted by atomic mass is 10.1. The number of rotatable bonds is 7. The molecule has 0 spiro atoms. The standard InChI is InChI=1S/C17H22N2O3/c1-3-10-18(11-4-2)15(20)9-12-19-16(21)13-7-5-6-8-14(13)17(19)22/h5-8H,3-4,9-12H2,1-2H3. The molecule has 0 atom stereocenters. The van der Waals surface area contributed by atoms with Gasteiger partial charge in [0.05, 0.1) is 11.1 Å². The maximum absolute atomic E-state index is 12.2. The van der Waals surface area contributed by atoms with Gasteiger partial charge in [0.1, 0.15) is 0 Å². The van der Waals surface area contributed by atoms with Crippen LogP contribution < -0.4 is 0 Å². The van der Waals surface area contributed by atoms with E-state index in [2.05, 4.69) is 0 Å². The third kappa shape index (κ3) is 3.18. The minimum Gasteiger partial charge on any atom is -0.343 e. The molecule has 1 aliphatic heterocycles. The highest BCUT2D eigenvalue weighted by atomic mass is 16.2. The molecule has 0 saturated carbocycles. The number of carbonyl (C=O) groups excluding carboxylic acids is 3. The van der Waals surface area contributed by atoms with Crippen molar-refractivity contribution >= 4 is 17.7 Å². The first-order valence-corrected chi connectivity index (χ1v) is 7.83. The van der Waals surface area contributed by atoms with E-state index < -0.39 is 0 Å². The predicted octanol–water partition coefficient (Wildman–Crippen LogP) is 2.32. The van der Waals surface area contributed by atoms with Crippen molar-refractivity contribution in [2.75, 3.05) is 19.6 Å². The number of benzene rings is 1. The van der Waals surface area contributed by atoms with E-state index in [1.54, 1.807) is 29.2 Å². The van der Waals surface area contributed by atoms with Crippen molar-refractivity contribution in [2.24, 2.45) is 0 Å². The first-order chi connectivity index (χ1) is 10.6. The van der Waals surface area contributed by atoms with Gasteiger partial charge in [0.15, 0.2) is 0 Å². The molecule has 1 heterocycles. The molecule has 1 aromatic rings.